The fourth-order valence-corrected chi connectivity index (χ4v) is 4.22. The minimum atomic E-state index is -0.662. The lowest BCUT2D eigenvalue weighted by Crippen LogP contribution is -2.36. The quantitative estimate of drug-likeness (QED) is 0.852. The molecule has 2 nitrogen and oxygen atoms in total. The Morgan fingerprint density at radius 3 is 2.30 bits per heavy atom. The van der Waals surface area contributed by atoms with Gasteiger partial charge in [-0.15, -0.1) is 11.8 Å². The highest BCUT2D eigenvalue weighted by atomic mass is 32.2. The van der Waals surface area contributed by atoms with Gasteiger partial charge in [-0.1, -0.05) is 44.2 Å². The van der Waals surface area contributed by atoms with Gasteiger partial charge >= 0.3 is 5.97 Å². The van der Waals surface area contributed by atoms with Crippen molar-refractivity contribution in [3.63, 3.8) is 0 Å². The van der Waals surface area contributed by atoms with E-state index >= 15 is 0 Å². The molecule has 1 N–H and O–H groups in total. The molecule has 1 aliphatic rings. The number of rotatable bonds is 5. The molecule has 0 heterocycles. The second kappa shape index (κ2) is 6.21. The average molecular weight is 292 g/mol. The van der Waals surface area contributed by atoms with Crippen LogP contribution in [0.25, 0.3) is 0 Å². The van der Waals surface area contributed by atoms with E-state index in [1.54, 1.807) is 0 Å². The van der Waals surface area contributed by atoms with E-state index in [0.29, 0.717) is 11.8 Å². The first-order valence-electron chi connectivity index (χ1n) is 7.31. The molecular formula is C17H24O2S. The molecule has 3 heteroatoms. The van der Waals surface area contributed by atoms with Crippen LogP contribution in [-0.2, 0) is 10.5 Å². The Kier molecular flexibility index (Phi) is 4.79. The molecule has 1 aromatic rings. The first-order chi connectivity index (χ1) is 9.41. The van der Waals surface area contributed by atoms with Crippen molar-refractivity contribution in [3.8, 4) is 0 Å². The maximum Gasteiger partial charge on any atom is 0.304 e. The lowest BCUT2D eigenvalue weighted by atomic mass is 9.72. The predicted octanol–water partition coefficient (Wildman–Crippen LogP) is 4.73. The highest BCUT2D eigenvalue weighted by molar-refractivity contribution is 7.99. The minimum Gasteiger partial charge on any atom is -0.481 e. The fraction of sp³-hybridized carbons (Fsp3) is 0.588. The smallest absolute Gasteiger partial charge is 0.304 e. The van der Waals surface area contributed by atoms with Crippen molar-refractivity contribution in [1.82, 2.24) is 0 Å². The van der Waals surface area contributed by atoms with Crippen molar-refractivity contribution in [1.29, 1.82) is 0 Å². The Labute approximate surface area is 126 Å². The van der Waals surface area contributed by atoms with Crippen molar-refractivity contribution in [2.45, 2.75) is 56.5 Å². The van der Waals surface area contributed by atoms with Crippen LogP contribution in [0.4, 0.5) is 0 Å². The molecule has 0 amide bonds. The number of hydrogen-bond donors (Lipinski definition) is 1. The number of carbonyl (C=O) groups is 1. The first-order valence-corrected chi connectivity index (χ1v) is 8.29. The molecule has 20 heavy (non-hydrogen) atoms. The van der Waals surface area contributed by atoms with Gasteiger partial charge in [-0.2, -0.15) is 0 Å². The van der Waals surface area contributed by atoms with Gasteiger partial charge in [-0.3, -0.25) is 4.79 Å². The van der Waals surface area contributed by atoms with E-state index in [0.717, 1.165) is 31.4 Å². The van der Waals surface area contributed by atoms with Gasteiger partial charge in [-0.25, -0.2) is 0 Å². The van der Waals surface area contributed by atoms with E-state index < -0.39 is 5.97 Å². The van der Waals surface area contributed by atoms with Crippen molar-refractivity contribution in [2.75, 3.05) is 0 Å². The summed E-state index contributed by atoms with van der Waals surface area (Å²) in [6, 6.07) is 10.3. The summed E-state index contributed by atoms with van der Waals surface area (Å²) >= 11 is 1.85. The molecule has 0 radical (unpaired) electrons. The summed E-state index contributed by atoms with van der Waals surface area (Å²) in [5.74, 6) is 0.249. The molecule has 110 valence electrons. The summed E-state index contributed by atoms with van der Waals surface area (Å²) in [6.07, 6.45) is 4.58. The van der Waals surface area contributed by atoms with Crippen LogP contribution in [0.15, 0.2) is 30.3 Å². The number of carboxylic acid groups (broad SMARTS) is 1. The summed E-state index contributed by atoms with van der Waals surface area (Å²) in [4.78, 5) is 11.2. The largest absolute Gasteiger partial charge is 0.481 e. The Morgan fingerprint density at radius 1 is 1.15 bits per heavy atom. The van der Waals surface area contributed by atoms with Crippen molar-refractivity contribution in [3.05, 3.63) is 35.9 Å². The monoisotopic (exact) mass is 292 g/mol. The zero-order valence-corrected chi connectivity index (χ0v) is 13.2. The molecule has 1 fully saturated rings. The van der Waals surface area contributed by atoms with E-state index in [4.69, 9.17) is 0 Å². The molecule has 0 saturated heterocycles. The molecular weight excluding hydrogens is 268 g/mol. The lowest BCUT2D eigenvalue weighted by Gasteiger charge is -2.42. The average Bonchev–Trinajstić information content (AvgIpc) is 2.41. The van der Waals surface area contributed by atoms with E-state index in [-0.39, 0.29) is 4.75 Å². The molecule has 1 aromatic carbocycles. The molecule has 0 atom stereocenters. The summed E-state index contributed by atoms with van der Waals surface area (Å²) < 4.78 is -0.0722. The summed E-state index contributed by atoms with van der Waals surface area (Å²) in [7, 11) is 0. The zero-order valence-electron chi connectivity index (χ0n) is 12.4. The van der Waals surface area contributed by atoms with Gasteiger partial charge in [0, 0.05) is 10.5 Å². The third-order valence-corrected chi connectivity index (χ3v) is 6.02. The molecule has 0 unspecified atom stereocenters. The van der Waals surface area contributed by atoms with Crippen molar-refractivity contribution < 1.29 is 9.90 Å². The molecule has 0 aliphatic heterocycles. The van der Waals surface area contributed by atoms with Gasteiger partial charge in [-0.05, 0) is 36.7 Å². The number of hydrogen-bond acceptors (Lipinski definition) is 2. The number of aliphatic carboxylic acids is 1. The normalized spacial score (nSPS) is 20.5. The zero-order chi connectivity index (χ0) is 14.6. The SMILES string of the molecule is CC1(C)CCC(CC(=O)O)(SCc2ccccc2)CC1. The first kappa shape index (κ1) is 15.4. The van der Waals surface area contributed by atoms with Crippen LogP contribution in [-0.4, -0.2) is 15.8 Å². The third kappa shape index (κ3) is 4.27. The Morgan fingerprint density at radius 2 is 1.75 bits per heavy atom. The van der Waals surface area contributed by atoms with Gasteiger partial charge in [0.25, 0.3) is 0 Å². The van der Waals surface area contributed by atoms with E-state index in [2.05, 4.69) is 26.0 Å². The predicted molar refractivity (Wildman–Crippen MR) is 85.0 cm³/mol. The maximum absolute atomic E-state index is 11.2. The number of thioether (sulfide) groups is 1. The molecule has 1 saturated carbocycles. The van der Waals surface area contributed by atoms with E-state index in [1.165, 1.54) is 5.56 Å². The Hall–Kier alpha value is -0.960. The summed E-state index contributed by atoms with van der Waals surface area (Å²) in [5.41, 5.74) is 1.65. The molecule has 0 spiro atoms. The van der Waals surface area contributed by atoms with Crippen LogP contribution in [0.3, 0.4) is 0 Å². The minimum absolute atomic E-state index is 0.0722. The Balaban J connectivity index is 2.02. The van der Waals surface area contributed by atoms with Crippen LogP contribution in [0.2, 0.25) is 0 Å². The standard InChI is InChI=1S/C17H24O2S/c1-16(2)8-10-17(11-9-16,12-15(18)19)20-13-14-6-4-3-5-7-14/h3-7H,8-13H2,1-2H3,(H,18,19). The topological polar surface area (TPSA) is 37.3 Å². The van der Waals surface area contributed by atoms with Crippen LogP contribution in [0, 0.1) is 5.41 Å². The third-order valence-electron chi connectivity index (χ3n) is 4.38. The van der Waals surface area contributed by atoms with Crippen LogP contribution < -0.4 is 0 Å². The molecule has 1 aliphatic carbocycles. The molecule has 0 bridgehead atoms. The van der Waals surface area contributed by atoms with E-state index in [1.807, 2.05) is 30.0 Å². The second-order valence-corrected chi connectivity index (χ2v) is 8.14. The van der Waals surface area contributed by atoms with Gasteiger partial charge in [0.15, 0.2) is 0 Å². The second-order valence-electron chi connectivity index (χ2n) is 6.69. The Bertz CT molecular complexity index is 443. The number of benzene rings is 1. The van der Waals surface area contributed by atoms with Crippen LogP contribution >= 0.6 is 11.8 Å². The fourth-order valence-electron chi connectivity index (χ4n) is 2.84. The lowest BCUT2D eigenvalue weighted by molar-refractivity contribution is -0.138. The summed E-state index contributed by atoms with van der Waals surface area (Å²) in [6.45, 7) is 4.58. The maximum atomic E-state index is 11.2. The van der Waals surface area contributed by atoms with Crippen molar-refractivity contribution >= 4 is 17.7 Å². The molecule has 2 rings (SSSR count). The van der Waals surface area contributed by atoms with Crippen molar-refractivity contribution in [2.24, 2.45) is 5.41 Å². The highest BCUT2D eigenvalue weighted by Crippen LogP contribution is 2.49. The van der Waals surface area contributed by atoms with Crippen LogP contribution in [0.1, 0.15) is 51.5 Å². The van der Waals surface area contributed by atoms with Gasteiger partial charge in [0.1, 0.15) is 0 Å². The van der Waals surface area contributed by atoms with Gasteiger partial charge < -0.3 is 5.11 Å². The number of carboxylic acids is 1. The van der Waals surface area contributed by atoms with E-state index in [9.17, 15) is 9.90 Å². The molecule has 0 aromatic heterocycles. The highest BCUT2D eigenvalue weighted by Gasteiger charge is 2.40. The van der Waals surface area contributed by atoms with Gasteiger partial charge in [0.2, 0.25) is 0 Å². The van der Waals surface area contributed by atoms with Crippen LogP contribution in [0.5, 0.6) is 0 Å². The van der Waals surface area contributed by atoms with Gasteiger partial charge in [0.05, 0.1) is 6.42 Å². The summed E-state index contributed by atoms with van der Waals surface area (Å²) in [5, 5.41) is 9.24.